The molecule has 0 spiro atoms. The summed E-state index contributed by atoms with van der Waals surface area (Å²) >= 11 is 0. The minimum absolute atomic E-state index is 0.0222. The van der Waals surface area contributed by atoms with E-state index in [0.29, 0.717) is 23.4 Å². The third kappa shape index (κ3) is 6.29. The van der Waals surface area contributed by atoms with Crippen LogP contribution in [0, 0.1) is 17.8 Å². The summed E-state index contributed by atoms with van der Waals surface area (Å²) in [6.45, 7) is 0.596. The standard InChI is InChI=1S/C33H43N3O7/c1-41-32(40)27-18-23-20-36(27)31(39)25(21-10-4-5-11-21)19-29(37)43-28-16-9-13-22(28)12-3-2-8-17-35-30(38)24-14-6-7-15-26(24)34-33(35)42-23/h6-7,14-15,21-23,25,27-28H,2-5,8-13,16-20H2,1H3/t22-,23-,25+,27+,28-/m1/s1. The number of fused-ring (bicyclic) bond motifs is 5. The molecular weight excluding hydrogens is 550 g/mol. The Morgan fingerprint density at radius 3 is 2.47 bits per heavy atom. The molecule has 2 aliphatic heterocycles. The minimum atomic E-state index is -0.843. The number of methoxy groups -OCH3 is 1. The van der Waals surface area contributed by atoms with Gasteiger partial charge in [-0.25, -0.2) is 4.79 Å². The van der Waals surface area contributed by atoms with Gasteiger partial charge in [0.05, 0.1) is 36.9 Å². The number of benzene rings is 1. The Hall–Kier alpha value is -3.43. The van der Waals surface area contributed by atoms with Crippen LogP contribution in [0.2, 0.25) is 0 Å². The molecular formula is C33H43N3O7. The van der Waals surface area contributed by atoms with Crippen LogP contribution in [0.25, 0.3) is 10.9 Å². The van der Waals surface area contributed by atoms with Crippen LogP contribution in [0.3, 0.4) is 0 Å². The zero-order valence-corrected chi connectivity index (χ0v) is 25.1. The lowest BCUT2D eigenvalue weighted by Gasteiger charge is -2.30. The lowest BCUT2D eigenvalue weighted by molar-refractivity contribution is -0.158. The lowest BCUT2D eigenvalue weighted by atomic mass is 9.86. The van der Waals surface area contributed by atoms with E-state index >= 15 is 0 Å². The van der Waals surface area contributed by atoms with Crippen LogP contribution in [0.15, 0.2) is 29.1 Å². The molecule has 1 aromatic carbocycles. The van der Waals surface area contributed by atoms with Crippen molar-refractivity contribution in [2.75, 3.05) is 13.7 Å². The SMILES string of the molecule is COC(=O)[C@@H]1C[C@@H]2CN1C(=O)[C@H](C1CCCC1)CC(=O)O[C@@H]1CCC[C@H]1CCCCCn1c(nc3ccccc3c1=O)O2. The number of carbonyl (C=O) groups is 3. The maximum absolute atomic E-state index is 14.2. The third-order valence-electron chi connectivity index (χ3n) is 10.1. The van der Waals surface area contributed by atoms with E-state index in [1.165, 1.54) is 12.0 Å². The molecule has 2 bridgehead atoms. The first-order valence-corrected chi connectivity index (χ1v) is 16.2. The van der Waals surface area contributed by atoms with Gasteiger partial charge in [-0.15, -0.1) is 0 Å². The van der Waals surface area contributed by atoms with Crippen LogP contribution in [-0.2, 0) is 30.4 Å². The first-order chi connectivity index (χ1) is 20.9. The molecule has 1 saturated heterocycles. The minimum Gasteiger partial charge on any atom is -0.467 e. The Bertz CT molecular complexity index is 1400. The summed E-state index contributed by atoms with van der Waals surface area (Å²) in [6.07, 6.45) is 9.91. The van der Waals surface area contributed by atoms with Gasteiger partial charge in [-0.2, -0.15) is 4.98 Å². The van der Waals surface area contributed by atoms with Crippen molar-refractivity contribution in [3.63, 3.8) is 0 Å². The van der Waals surface area contributed by atoms with Gasteiger partial charge in [0.15, 0.2) is 0 Å². The molecule has 5 atom stereocenters. The highest BCUT2D eigenvalue weighted by molar-refractivity contribution is 5.89. The molecule has 3 heterocycles. The number of aromatic nitrogens is 2. The fraction of sp³-hybridized carbons (Fsp3) is 0.667. The third-order valence-corrected chi connectivity index (χ3v) is 10.1. The van der Waals surface area contributed by atoms with E-state index in [0.717, 1.165) is 70.6 Å². The van der Waals surface area contributed by atoms with Crippen LogP contribution < -0.4 is 10.3 Å². The summed E-state index contributed by atoms with van der Waals surface area (Å²) in [5, 5.41) is 0.530. The summed E-state index contributed by atoms with van der Waals surface area (Å²) in [7, 11) is 1.31. The average Bonchev–Trinajstić information content (AvgIpc) is 3.78. The van der Waals surface area contributed by atoms with Crippen LogP contribution in [0.4, 0.5) is 0 Å². The van der Waals surface area contributed by atoms with Crippen molar-refractivity contribution in [1.82, 2.24) is 14.5 Å². The van der Waals surface area contributed by atoms with Crippen molar-refractivity contribution in [2.45, 2.75) is 108 Å². The maximum Gasteiger partial charge on any atom is 0.328 e. The van der Waals surface area contributed by atoms with Gasteiger partial charge in [0.2, 0.25) is 5.91 Å². The molecule has 1 aromatic heterocycles. The summed E-state index contributed by atoms with van der Waals surface area (Å²) in [5.74, 6) is -1.23. The number of para-hydroxylation sites is 1. The second-order valence-electron chi connectivity index (χ2n) is 12.8. The van der Waals surface area contributed by atoms with Crippen LogP contribution in [0.1, 0.15) is 83.5 Å². The molecule has 43 heavy (non-hydrogen) atoms. The number of amides is 1. The molecule has 10 heteroatoms. The molecule has 1 amide bonds. The second-order valence-corrected chi connectivity index (χ2v) is 12.8. The molecule has 2 aliphatic carbocycles. The topological polar surface area (TPSA) is 117 Å². The second kappa shape index (κ2) is 13.1. The van der Waals surface area contributed by atoms with E-state index in [1.54, 1.807) is 16.7 Å². The Kier molecular flexibility index (Phi) is 9.00. The van der Waals surface area contributed by atoms with Gasteiger partial charge < -0.3 is 19.1 Å². The summed E-state index contributed by atoms with van der Waals surface area (Å²) < 4.78 is 19.2. The van der Waals surface area contributed by atoms with Crippen molar-refractivity contribution in [1.29, 1.82) is 0 Å². The van der Waals surface area contributed by atoms with Crippen molar-refractivity contribution in [2.24, 2.45) is 17.8 Å². The van der Waals surface area contributed by atoms with Gasteiger partial charge in [0.25, 0.3) is 11.6 Å². The van der Waals surface area contributed by atoms with Gasteiger partial charge in [-0.3, -0.25) is 19.0 Å². The van der Waals surface area contributed by atoms with Gasteiger partial charge in [0, 0.05) is 13.0 Å². The Morgan fingerprint density at radius 2 is 1.65 bits per heavy atom. The Labute approximate surface area is 252 Å². The molecule has 232 valence electrons. The van der Waals surface area contributed by atoms with E-state index in [9.17, 15) is 19.2 Å². The van der Waals surface area contributed by atoms with Crippen molar-refractivity contribution in [3.05, 3.63) is 34.6 Å². The first kappa shape index (κ1) is 29.6. The van der Waals surface area contributed by atoms with E-state index < -0.39 is 24.0 Å². The number of esters is 2. The summed E-state index contributed by atoms with van der Waals surface area (Å²) in [5.41, 5.74) is 0.387. The highest BCUT2D eigenvalue weighted by Gasteiger charge is 2.46. The average molecular weight is 594 g/mol. The number of rotatable bonds is 2. The molecule has 3 fully saturated rings. The fourth-order valence-electron chi connectivity index (χ4n) is 7.84. The molecule has 0 N–H and O–H groups in total. The Morgan fingerprint density at radius 1 is 0.907 bits per heavy atom. The molecule has 0 radical (unpaired) electrons. The monoisotopic (exact) mass is 593 g/mol. The molecule has 6 rings (SSSR count). The highest BCUT2D eigenvalue weighted by atomic mass is 16.5. The predicted molar refractivity (Wildman–Crippen MR) is 158 cm³/mol. The largest absolute Gasteiger partial charge is 0.467 e. The Balaban J connectivity index is 1.35. The molecule has 2 aromatic rings. The van der Waals surface area contributed by atoms with Crippen LogP contribution in [-0.4, -0.2) is 64.2 Å². The summed E-state index contributed by atoms with van der Waals surface area (Å²) in [6, 6.07) is 6.59. The zero-order chi connectivity index (χ0) is 29.9. The van der Waals surface area contributed by atoms with Crippen LogP contribution >= 0.6 is 0 Å². The number of hydrogen-bond donors (Lipinski definition) is 0. The fourth-order valence-corrected chi connectivity index (χ4v) is 7.84. The van der Waals surface area contributed by atoms with Crippen molar-refractivity contribution in [3.8, 4) is 6.01 Å². The molecule has 10 nitrogen and oxygen atoms in total. The maximum atomic E-state index is 14.2. The first-order valence-electron chi connectivity index (χ1n) is 16.2. The van der Waals surface area contributed by atoms with Crippen molar-refractivity contribution < 1.29 is 28.6 Å². The van der Waals surface area contributed by atoms with E-state index in [1.807, 2.05) is 12.1 Å². The van der Waals surface area contributed by atoms with Gasteiger partial charge in [0.1, 0.15) is 18.2 Å². The number of ether oxygens (including phenoxy) is 3. The van der Waals surface area contributed by atoms with Gasteiger partial charge in [-0.1, -0.05) is 37.8 Å². The molecule has 0 unspecified atom stereocenters. The van der Waals surface area contributed by atoms with E-state index in [4.69, 9.17) is 19.2 Å². The number of carbonyl (C=O) groups excluding carboxylic acids is 3. The number of nitrogens with zero attached hydrogens (tertiary/aromatic N) is 3. The lowest BCUT2D eigenvalue weighted by Crippen LogP contribution is -2.46. The van der Waals surface area contributed by atoms with Crippen molar-refractivity contribution >= 4 is 28.7 Å². The predicted octanol–water partition coefficient (Wildman–Crippen LogP) is 4.40. The van der Waals surface area contributed by atoms with E-state index in [-0.39, 0.29) is 54.9 Å². The zero-order valence-electron chi connectivity index (χ0n) is 25.1. The summed E-state index contributed by atoms with van der Waals surface area (Å²) in [4.78, 5) is 60.4. The highest BCUT2D eigenvalue weighted by Crippen LogP contribution is 2.38. The normalized spacial score (nSPS) is 29.3. The molecule has 2 saturated carbocycles. The van der Waals surface area contributed by atoms with Crippen LogP contribution in [0.5, 0.6) is 6.01 Å². The van der Waals surface area contributed by atoms with E-state index in [2.05, 4.69) is 0 Å². The van der Waals surface area contributed by atoms with Gasteiger partial charge >= 0.3 is 11.9 Å². The number of hydrogen-bond acceptors (Lipinski definition) is 8. The smallest absolute Gasteiger partial charge is 0.328 e. The van der Waals surface area contributed by atoms with Gasteiger partial charge in [-0.05, 0) is 68.9 Å². The quantitative estimate of drug-likeness (QED) is 0.471. The molecule has 4 aliphatic rings.